The maximum Gasteiger partial charge on any atom is 0.407 e. The number of amides is 1. The highest BCUT2D eigenvalue weighted by molar-refractivity contribution is 5.65. The van der Waals surface area contributed by atoms with Crippen LogP contribution in [0.1, 0.15) is 11.1 Å². The van der Waals surface area contributed by atoms with Gasteiger partial charge in [-0.3, -0.25) is 4.90 Å². The van der Waals surface area contributed by atoms with Gasteiger partial charge in [-0.25, -0.2) is 4.79 Å². The van der Waals surface area contributed by atoms with Crippen molar-refractivity contribution in [3.63, 3.8) is 0 Å². The number of carbonyl (C=O) groups is 1. The molecule has 136 valence electrons. The Hall–Kier alpha value is -1.79. The van der Waals surface area contributed by atoms with Crippen molar-refractivity contribution in [3.8, 4) is 0 Å². The second-order valence-electron chi connectivity index (χ2n) is 7.58. The minimum atomic E-state index is -0.769. The molecular formula is C19H27N3O3. The van der Waals surface area contributed by atoms with Crippen molar-refractivity contribution in [3.05, 3.63) is 29.3 Å². The third-order valence-corrected chi connectivity index (χ3v) is 5.87. The highest BCUT2D eigenvalue weighted by Gasteiger charge is 2.41. The lowest BCUT2D eigenvalue weighted by Crippen LogP contribution is -2.38. The zero-order chi connectivity index (χ0) is 17.4. The van der Waals surface area contributed by atoms with Gasteiger partial charge in [0.05, 0.1) is 13.2 Å². The fourth-order valence-corrected chi connectivity index (χ4v) is 4.70. The summed E-state index contributed by atoms with van der Waals surface area (Å²) in [5.74, 6) is 0.987. The monoisotopic (exact) mass is 345 g/mol. The largest absolute Gasteiger partial charge is 0.465 e. The normalized spacial score (nSPS) is 26.9. The highest BCUT2D eigenvalue weighted by atomic mass is 16.5. The van der Waals surface area contributed by atoms with Gasteiger partial charge in [-0.05, 0) is 29.9 Å². The van der Waals surface area contributed by atoms with Crippen LogP contribution in [-0.2, 0) is 11.3 Å². The number of hydrogen-bond acceptors (Lipinski definition) is 4. The predicted molar refractivity (Wildman–Crippen MR) is 96.1 cm³/mol. The van der Waals surface area contributed by atoms with E-state index >= 15 is 0 Å². The molecule has 2 atom stereocenters. The minimum absolute atomic E-state index is 0.493. The smallest absolute Gasteiger partial charge is 0.407 e. The van der Waals surface area contributed by atoms with Gasteiger partial charge in [-0.15, -0.1) is 0 Å². The Morgan fingerprint density at radius 1 is 1.16 bits per heavy atom. The molecule has 0 radical (unpaired) electrons. The molecule has 0 aromatic heterocycles. The summed E-state index contributed by atoms with van der Waals surface area (Å²) < 4.78 is 5.51. The van der Waals surface area contributed by atoms with Gasteiger partial charge in [-0.2, -0.15) is 0 Å². The Morgan fingerprint density at radius 2 is 1.84 bits per heavy atom. The minimum Gasteiger partial charge on any atom is -0.465 e. The van der Waals surface area contributed by atoms with Crippen molar-refractivity contribution in [2.45, 2.75) is 13.5 Å². The van der Waals surface area contributed by atoms with Gasteiger partial charge in [-0.1, -0.05) is 18.2 Å². The van der Waals surface area contributed by atoms with Gasteiger partial charge in [0.25, 0.3) is 0 Å². The molecular weight excluding hydrogens is 318 g/mol. The molecule has 0 saturated carbocycles. The molecule has 4 rings (SSSR count). The van der Waals surface area contributed by atoms with E-state index in [1.165, 1.54) is 16.8 Å². The first-order valence-corrected chi connectivity index (χ1v) is 9.23. The molecule has 2 unspecified atom stereocenters. The summed E-state index contributed by atoms with van der Waals surface area (Å²) >= 11 is 0. The number of anilines is 1. The van der Waals surface area contributed by atoms with E-state index in [1.54, 1.807) is 4.90 Å². The Balaban J connectivity index is 1.46. The predicted octanol–water partition coefficient (Wildman–Crippen LogP) is 1.87. The summed E-state index contributed by atoms with van der Waals surface area (Å²) in [6.45, 7) is 10.1. The number of carboxylic acid groups (broad SMARTS) is 1. The standard InChI is InChI=1S/C19H27N3O3/c1-14-3-2-4-15(18(14)21-5-7-25-8-6-21)9-20-10-16-12-22(19(23)24)13-17(16)11-20/h2-4,16-17H,5-13H2,1H3,(H,23,24). The van der Waals surface area contributed by atoms with Crippen LogP contribution in [0.2, 0.25) is 0 Å². The average molecular weight is 345 g/mol. The zero-order valence-electron chi connectivity index (χ0n) is 14.9. The summed E-state index contributed by atoms with van der Waals surface area (Å²) in [5.41, 5.74) is 4.09. The average Bonchev–Trinajstić information content (AvgIpc) is 3.14. The molecule has 0 spiro atoms. The Kier molecular flexibility index (Phi) is 4.56. The molecule has 0 bridgehead atoms. The van der Waals surface area contributed by atoms with Gasteiger partial charge in [0.2, 0.25) is 0 Å². The lowest BCUT2D eigenvalue weighted by atomic mass is 10.0. The summed E-state index contributed by atoms with van der Waals surface area (Å²) in [5, 5.41) is 9.18. The van der Waals surface area contributed by atoms with Crippen LogP contribution in [0.15, 0.2) is 18.2 Å². The van der Waals surface area contributed by atoms with Crippen LogP contribution in [-0.4, -0.2) is 73.5 Å². The van der Waals surface area contributed by atoms with E-state index in [2.05, 4.69) is 34.9 Å². The SMILES string of the molecule is Cc1cccc(CN2CC3CN(C(=O)O)CC3C2)c1N1CCOCC1. The molecule has 1 aromatic carbocycles. The number of aryl methyl sites for hydroxylation is 1. The number of ether oxygens (including phenoxy) is 1. The number of morpholine rings is 1. The van der Waals surface area contributed by atoms with E-state index in [0.717, 1.165) is 45.9 Å². The van der Waals surface area contributed by atoms with Crippen LogP contribution in [0.5, 0.6) is 0 Å². The molecule has 3 saturated heterocycles. The molecule has 25 heavy (non-hydrogen) atoms. The second-order valence-corrected chi connectivity index (χ2v) is 7.58. The Bertz CT molecular complexity index is 631. The molecule has 3 heterocycles. The summed E-state index contributed by atoms with van der Waals surface area (Å²) in [6.07, 6.45) is -0.769. The lowest BCUT2D eigenvalue weighted by molar-refractivity contribution is 0.122. The van der Waals surface area contributed by atoms with E-state index in [4.69, 9.17) is 4.74 Å². The number of fused-ring (bicyclic) bond motifs is 1. The van der Waals surface area contributed by atoms with E-state index in [9.17, 15) is 9.90 Å². The third-order valence-electron chi connectivity index (χ3n) is 5.87. The summed E-state index contributed by atoms with van der Waals surface area (Å²) in [6, 6.07) is 6.59. The molecule has 0 aliphatic carbocycles. The van der Waals surface area contributed by atoms with Gasteiger partial charge < -0.3 is 19.6 Å². The topological polar surface area (TPSA) is 56.2 Å². The number of likely N-dealkylation sites (tertiary alicyclic amines) is 2. The molecule has 3 aliphatic rings. The summed E-state index contributed by atoms with van der Waals surface area (Å²) in [7, 11) is 0. The number of nitrogens with zero attached hydrogens (tertiary/aromatic N) is 3. The lowest BCUT2D eigenvalue weighted by Gasteiger charge is -2.33. The highest BCUT2D eigenvalue weighted by Crippen LogP contribution is 2.34. The molecule has 1 aromatic rings. The fraction of sp³-hybridized carbons (Fsp3) is 0.632. The molecule has 3 aliphatic heterocycles. The number of para-hydroxylation sites is 1. The van der Waals surface area contributed by atoms with E-state index in [0.29, 0.717) is 24.9 Å². The molecule has 1 N–H and O–H groups in total. The second kappa shape index (κ2) is 6.84. The van der Waals surface area contributed by atoms with Crippen LogP contribution < -0.4 is 4.90 Å². The quantitative estimate of drug-likeness (QED) is 0.906. The van der Waals surface area contributed by atoms with Crippen molar-refractivity contribution in [1.29, 1.82) is 0 Å². The van der Waals surface area contributed by atoms with Crippen LogP contribution in [0.3, 0.4) is 0 Å². The van der Waals surface area contributed by atoms with Crippen molar-refractivity contribution >= 4 is 11.8 Å². The third kappa shape index (κ3) is 3.33. The van der Waals surface area contributed by atoms with Crippen LogP contribution in [0.4, 0.5) is 10.5 Å². The fourth-order valence-electron chi connectivity index (χ4n) is 4.70. The van der Waals surface area contributed by atoms with Crippen molar-refractivity contribution in [2.24, 2.45) is 11.8 Å². The van der Waals surface area contributed by atoms with E-state index < -0.39 is 6.09 Å². The maximum absolute atomic E-state index is 11.2. The van der Waals surface area contributed by atoms with E-state index in [1.807, 2.05) is 0 Å². The Morgan fingerprint density at radius 3 is 2.48 bits per heavy atom. The first-order valence-electron chi connectivity index (χ1n) is 9.23. The van der Waals surface area contributed by atoms with Crippen molar-refractivity contribution < 1.29 is 14.6 Å². The van der Waals surface area contributed by atoms with Gasteiger partial charge in [0.15, 0.2) is 0 Å². The first kappa shape index (κ1) is 16.7. The first-order chi connectivity index (χ1) is 12.1. The Labute approximate surface area is 149 Å². The van der Waals surface area contributed by atoms with Crippen molar-refractivity contribution in [2.75, 3.05) is 57.4 Å². The van der Waals surface area contributed by atoms with Gasteiger partial charge >= 0.3 is 6.09 Å². The molecule has 3 fully saturated rings. The number of hydrogen-bond donors (Lipinski definition) is 1. The van der Waals surface area contributed by atoms with Crippen molar-refractivity contribution in [1.82, 2.24) is 9.80 Å². The van der Waals surface area contributed by atoms with E-state index in [-0.39, 0.29) is 0 Å². The van der Waals surface area contributed by atoms with Crippen LogP contribution in [0, 0.1) is 18.8 Å². The molecule has 6 heteroatoms. The zero-order valence-corrected chi connectivity index (χ0v) is 14.9. The van der Waals surface area contributed by atoms with Gasteiger partial charge in [0, 0.05) is 51.5 Å². The van der Waals surface area contributed by atoms with Crippen LogP contribution in [0.25, 0.3) is 0 Å². The van der Waals surface area contributed by atoms with Crippen LogP contribution >= 0.6 is 0 Å². The molecule has 6 nitrogen and oxygen atoms in total. The molecule has 1 amide bonds. The maximum atomic E-state index is 11.2. The number of benzene rings is 1. The summed E-state index contributed by atoms with van der Waals surface area (Å²) in [4.78, 5) is 17.7. The van der Waals surface area contributed by atoms with Gasteiger partial charge in [0.1, 0.15) is 0 Å². The number of rotatable bonds is 3.